The topological polar surface area (TPSA) is 45.0 Å². The highest BCUT2D eigenvalue weighted by molar-refractivity contribution is 9.10. The molecule has 0 aliphatic heterocycles. The molecule has 1 aromatic heterocycles. The number of ether oxygens (including phenoxy) is 1. The van der Waals surface area contributed by atoms with Crippen molar-refractivity contribution in [2.45, 2.75) is 6.04 Å². The summed E-state index contributed by atoms with van der Waals surface area (Å²) in [6.07, 6.45) is 0. The van der Waals surface area contributed by atoms with Crippen LogP contribution in [0.5, 0.6) is 5.75 Å². The molecule has 19 heavy (non-hydrogen) atoms. The number of rotatable bonds is 4. The molecule has 2 rings (SSSR count). The quantitative estimate of drug-likeness (QED) is 0.850. The van der Waals surface area contributed by atoms with E-state index in [1.807, 2.05) is 30.3 Å². The molecule has 0 fully saturated rings. The molecule has 2 aromatic rings. The van der Waals surface area contributed by atoms with Crippen LogP contribution in [0.15, 0.2) is 34.8 Å². The molecule has 0 amide bonds. The van der Waals surface area contributed by atoms with Gasteiger partial charge in [0, 0.05) is 9.35 Å². The smallest absolute Gasteiger partial charge is 0.149 e. The van der Waals surface area contributed by atoms with Gasteiger partial charge in [-0.05, 0) is 34.1 Å². The molecular formula is C13H10BrClN2OS. The van der Waals surface area contributed by atoms with E-state index in [0.717, 1.165) is 15.0 Å². The Balaban J connectivity index is 2.27. The second-order valence-corrected chi connectivity index (χ2v) is 6.22. The van der Waals surface area contributed by atoms with Crippen LogP contribution >= 0.6 is 38.9 Å². The molecule has 0 saturated carbocycles. The van der Waals surface area contributed by atoms with Crippen LogP contribution in [0.4, 0.5) is 5.69 Å². The molecule has 98 valence electrons. The summed E-state index contributed by atoms with van der Waals surface area (Å²) in [6.45, 7) is 0. The fourth-order valence-electron chi connectivity index (χ4n) is 1.59. The van der Waals surface area contributed by atoms with Crippen molar-refractivity contribution in [2.75, 3.05) is 12.4 Å². The highest BCUT2D eigenvalue weighted by Gasteiger charge is 2.16. The summed E-state index contributed by atoms with van der Waals surface area (Å²) < 4.78 is 6.69. The highest BCUT2D eigenvalue weighted by Crippen LogP contribution is 2.37. The third kappa shape index (κ3) is 3.21. The van der Waals surface area contributed by atoms with Crippen LogP contribution in [0.2, 0.25) is 4.34 Å². The second-order valence-electron chi connectivity index (χ2n) is 3.68. The van der Waals surface area contributed by atoms with Crippen molar-refractivity contribution in [3.63, 3.8) is 0 Å². The standard InChI is InChI=1S/C13H10BrClN2OS/c1-18-11-5-3-2-4-9(11)17-10(7-16)12-6-8(14)13(15)19-12/h2-6,10,17H,1H3. The van der Waals surface area contributed by atoms with Gasteiger partial charge in [-0.25, -0.2) is 0 Å². The minimum absolute atomic E-state index is 0.468. The Labute approximate surface area is 128 Å². The summed E-state index contributed by atoms with van der Waals surface area (Å²) in [4.78, 5) is 0.852. The zero-order chi connectivity index (χ0) is 13.8. The Morgan fingerprint density at radius 2 is 2.21 bits per heavy atom. The molecule has 0 aliphatic rings. The fourth-order valence-corrected chi connectivity index (χ4v) is 3.32. The molecule has 1 heterocycles. The Morgan fingerprint density at radius 3 is 2.79 bits per heavy atom. The number of thiophene rings is 1. The summed E-state index contributed by atoms with van der Waals surface area (Å²) in [7, 11) is 1.60. The van der Waals surface area contributed by atoms with Crippen LogP contribution in [0.1, 0.15) is 10.9 Å². The summed E-state index contributed by atoms with van der Waals surface area (Å²) in [5.74, 6) is 0.699. The van der Waals surface area contributed by atoms with Crippen LogP contribution < -0.4 is 10.1 Å². The van der Waals surface area contributed by atoms with E-state index in [4.69, 9.17) is 16.3 Å². The normalized spacial score (nSPS) is 11.7. The van der Waals surface area contributed by atoms with Gasteiger partial charge in [0.15, 0.2) is 0 Å². The van der Waals surface area contributed by atoms with Gasteiger partial charge in [0.05, 0.1) is 18.9 Å². The maximum atomic E-state index is 9.30. The van der Waals surface area contributed by atoms with Crippen LogP contribution in [-0.2, 0) is 0 Å². The zero-order valence-electron chi connectivity index (χ0n) is 9.98. The number of anilines is 1. The minimum atomic E-state index is -0.468. The first kappa shape index (κ1) is 14.2. The van der Waals surface area contributed by atoms with Crippen molar-refractivity contribution < 1.29 is 4.74 Å². The summed E-state index contributed by atoms with van der Waals surface area (Å²) >= 11 is 10.7. The van der Waals surface area contributed by atoms with Crippen molar-refractivity contribution in [3.05, 3.63) is 44.0 Å². The Hall–Kier alpha value is -1.22. The van der Waals surface area contributed by atoms with E-state index in [1.54, 1.807) is 7.11 Å². The Bertz CT molecular complexity index is 604. The van der Waals surface area contributed by atoms with Crippen molar-refractivity contribution in [1.29, 1.82) is 5.26 Å². The highest BCUT2D eigenvalue weighted by atomic mass is 79.9. The first-order chi connectivity index (χ1) is 9.15. The monoisotopic (exact) mass is 356 g/mol. The van der Waals surface area contributed by atoms with E-state index >= 15 is 0 Å². The van der Waals surface area contributed by atoms with Gasteiger partial charge in [-0.2, -0.15) is 5.26 Å². The van der Waals surface area contributed by atoms with Crippen molar-refractivity contribution in [2.24, 2.45) is 0 Å². The molecule has 1 unspecified atom stereocenters. The van der Waals surface area contributed by atoms with Crippen LogP contribution in [-0.4, -0.2) is 7.11 Å². The van der Waals surface area contributed by atoms with Gasteiger partial charge in [0.2, 0.25) is 0 Å². The number of halogens is 2. The van der Waals surface area contributed by atoms with Crippen molar-refractivity contribution in [1.82, 2.24) is 0 Å². The van der Waals surface area contributed by atoms with Gasteiger partial charge in [-0.1, -0.05) is 23.7 Å². The maximum absolute atomic E-state index is 9.30. The molecule has 6 heteroatoms. The number of hydrogen-bond acceptors (Lipinski definition) is 4. The molecule has 0 aliphatic carbocycles. The lowest BCUT2D eigenvalue weighted by molar-refractivity contribution is 0.416. The molecule has 1 aromatic carbocycles. The zero-order valence-corrected chi connectivity index (χ0v) is 13.1. The summed E-state index contributed by atoms with van der Waals surface area (Å²) in [5, 5.41) is 12.4. The molecule has 0 bridgehead atoms. The minimum Gasteiger partial charge on any atom is -0.495 e. The third-order valence-electron chi connectivity index (χ3n) is 2.48. The van der Waals surface area contributed by atoms with Gasteiger partial charge in [-0.15, -0.1) is 11.3 Å². The fraction of sp³-hybridized carbons (Fsp3) is 0.154. The van der Waals surface area contributed by atoms with Crippen molar-refractivity contribution >= 4 is 44.6 Å². The van der Waals surface area contributed by atoms with Gasteiger partial charge < -0.3 is 10.1 Å². The number of hydrogen-bond donors (Lipinski definition) is 1. The van der Waals surface area contributed by atoms with E-state index in [9.17, 15) is 5.26 Å². The van der Waals surface area contributed by atoms with E-state index in [-0.39, 0.29) is 0 Å². The average Bonchev–Trinajstić information content (AvgIpc) is 2.76. The number of benzene rings is 1. The van der Waals surface area contributed by atoms with Crippen LogP contribution in [0.3, 0.4) is 0 Å². The Kier molecular flexibility index (Phi) is 4.70. The lowest BCUT2D eigenvalue weighted by Gasteiger charge is -2.14. The van der Waals surface area contributed by atoms with E-state index in [1.165, 1.54) is 11.3 Å². The SMILES string of the molecule is COc1ccccc1NC(C#N)c1cc(Br)c(Cl)s1. The predicted octanol–water partition coefficient (Wildman–Crippen LogP) is 4.85. The average molecular weight is 358 g/mol. The van der Waals surface area contributed by atoms with E-state index in [2.05, 4.69) is 27.3 Å². The summed E-state index contributed by atoms with van der Waals surface area (Å²) in [6, 6.07) is 11.1. The summed E-state index contributed by atoms with van der Waals surface area (Å²) in [5.41, 5.74) is 0.775. The number of nitrogens with one attached hydrogen (secondary N) is 1. The predicted molar refractivity (Wildman–Crippen MR) is 82.0 cm³/mol. The molecule has 1 atom stereocenters. The maximum Gasteiger partial charge on any atom is 0.149 e. The molecular weight excluding hydrogens is 348 g/mol. The number of nitriles is 1. The van der Waals surface area contributed by atoms with Crippen LogP contribution in [0, 0.1) is 11.3 Å². The lowest BCUT2D eigenvalue weighted by Crippen LogP contribution is -2.07. The van der Waals surface area contributed by atoms with Gasteiger partial charge in [0.25, 0.3) is 0 Å². The van der Waals surface area contributed by atoms with Gasteiger partial charge in [0.1, 0.15) is 16.1 Å². The first-order valence-electron chi connectivity index (χ1n) is 5.39. The second kappa shape index (κ2) is 6.29. The van der Waals surface area contributed by atoms with E-state index < -0.39 is 6.04 Å². The van der Waals surface area contributed by atoms with Crippen LogP contribution in [0.25, 0.3) is 0 Å². The molecule has 0 spiro atoms. The molecule has 1 N–H and O–H groups in total. The lowest BCUT2D eigenvalue weighted by atomic mass is 10.2. The largest absolute Gasteiger partial charge is 0.495 e. The Morgan fingerprint density at radius 1 is 1.47 bits per heavy atom. The number of nitrogens with zero attached hydrogens (tertiary/aromatic N) is 1. The molecule has 0 saturated heterocycles. The van der Waals surface area contributed by atoms with Crippen molar-refractivity contribution in [3.8, 4) is 11.8 Å². The number of methoxy groups -OCH3 is 1. The van der Waals surface area contributed by atoms with E-state index in [0.29, 0.717) is 10.1 Å². The van der Waals surface area contributed by atoms with Gasteiger partial charge >= 0.3 is 0 Å². The molecule has 3 nitrogen and oxygen atoms in total. The third-order valence-corrected chi connectivity index (χ3v) is 5.02. The number of para-hydroxylation sites is 2. The molecule has 0 radical (unpaired) electrons. The first-order valence-corrected chi connectivity index (χ1v) is 7.38. The van der Waals surface area contributed by atoms with Gasteiger partial charge in [-0.3, -0.25) is 0 Å².